The lowest BCUT2D eigenvalue weighted by Gasteiger charge is -2.18. The maximum atomic E-state index is 5.95. The van der Waals surface area contributed by atoms with Crippen LogP contribution in [0.3, 0.4) is 0 Å². The van der Waals surface area contributed by atoms with Gasteiger partial charge in [0.25, 0.3) is 0 Å². The number of halogens is 1. The molecule has 0 fully saturated rings. The van der Waals surface area contributed by atoms with Crippen LogP contribution >= 0.6 is 22.9 Å². The Morgan fingerprint density at radius 3 is 2.58 bits per heavy atom. The molecule has 1 atom stereocenters. The van der Waals surface area contributed by atoms with Crippen LogP contribution in [0, 0.1) is 0 Å². The average Bonchev–Trinajstić information content (AvgIpc) is 2.84. The molecule has 2 rings (SSSR count). The van der Waals surface area contributed by atoms with Gasteiger partial charge in [-0.2, -0.15) is 0 Å². The first-order chi connectivity index (χ1) is 9.29. The van der Waals surface area contributed by atoms with Gasteiger partial charge in [0.2, 0.25) is 0 Å². The largest absolute Gasteiger partial charge is 0.310 e. The summed E-state index contributed by atoms with van der Waals surface area (Å²) in [6, 6.07) is 15.3. The summed E-state index contributed by atoms with van der Waals surface area (Å²) in [6.07, 6.45) is 3.46. The Hall–Kier alpha value is -0.830. The zero-order valence-electron chi connectivity index (χ0n) is 11.2. The second kappa shape index (κ2) is 7.68. The van der Waals surface area contributed by atoms with E-state index in [1.54, 1.807) is 11.3 Å². The maximum Gasteiger partial charge on any atom is 0.0931 e. The van der Waals surface area contributed by atoms with Crippen LogP contribution in [0.25, 0.3) is 0 Å². The van der Waals surface area contributed by atoms with Crippen LogP contribution in [0.5, 0.6) is 0 Å². The fourth-order valence-corrected chi connectivity index (χ4v) is 3.41. The molecule has 0 amide bonds. The molecule has 0 spiro atoms. The monoisotopic (exact) mass is 293 g/mol. The van der Waals surface area contributed by atoms with Crippen molar-refractivity contribution in [2.45, 2.75) is 32.2 Å². The topological polar surface area (TPSA) is 12.0 Å². The van der Waals surface area contributed by atoms with E-state index >= 15 is 0 Å². The third-order valence-corrected chi connectivity index (χ3v) is 4.49. The summed E-state index contributed by atoms with van der Waals surface area (Å²) >= 11 is 7.65. The third-order valence-electron chi connectivity index (χ3n) is 3.20. The van der Waals surface area contributed by atoms with Gasteiger partial charge in [0.1, 0.15) is 0 Å². The molecule has 0 bridgehead atoms. The Labute approximate surface area is 124 Å². The molecule has 0 aliphatic rings. The lowest BCUT2D eigenvalue weighted by atomic mass is 10.0. The number of nitrogens with one attached hydrogen (secondary N) is 1. The lowest BCUT2D eigenvalue weighted by Crippen LogP contribution is -2.20. The molecule has 2 aromatic rings. The van der Waals surface area contributed by atoms with E-state index in [4.69, 9.17) is 11.6 Å². The Bertz CT molecular complexity index is 481. The molecule has 1 N–H and O–H groups in total. The van der Waals surface area contributed by atoms with E-state index in [0.29, 0.717) is 6.04 Å². The van der Waals surface area contributed by atoms with Crippen LogP contribution in [0.2, 0.25) is 4.34 Å². The molecule has 102 valence electrons. The van der Waals surface area contributed by atoms with Crippen molar-refractivity contribution >= 4 is 22.9 Å². The molecular formula is C16H20ClNS. The van der Waals surface area contributed by atoms with Gasteiger partial charge in [-0.1, -0.05) is 48.9 Å². The van der Waals surface area contributed by atoms with E-state index < -0.39 is 0 Å². The van der Waals surface area contributed by atoms with Gasteiger partial charge in [-0.15, -0.1) is 11.3 Å². The van der Waals surface area contributed by atoms with Crippen LogP contribution in [0.15, 0.2) is 42.5 Å². The highest BCUT2D eigenvalue weighted by atomic mass is 35.5. The highest BCUT2D eigenvalue weighted by molar-refractivity contribution is 7.16. The molecule has 0 saturated carbocycles. The zero-order chi connectivity index (χ0) is 13.5. The molecule has 0 radical (unpaired) electrons. The first-order valence-corrected chi connectivity index (χ1v) is 8.01. The SMILES string of the molecule is CCNC(CCCc1ccc(Cl)s1)c1ccccc1. The van der Waals surface area contributed by atoms with Crippen LogP contribution in [0.4, 0.5) is 0 Å². The van der Waals surface area contributed by atoms with E-state index in [9.17, 15) is 0 Å². The van der Waals surface area contributed by atoms with Gasteiger partial charge in [0, 0.05) is 10.9 Å². The summed E-state index contributed by atoms with van der Waals surface area (Å²) in [5, 5.41) is 3.57. The summed E-state index contributed by atoms with van der Waals surface area (Å²) in [7, 11) is 0. The zero-order valence-corrected chi connectivity index (χ0v) is 12.8. The number of hydrogen-bond donors (Lipinski definition) is 1. The highest BCUT2D eigenvalue weighted by Crippen LogP contribution is 2.25. The summed E-state index contributed by atoms with van der Waals surface area (Å²) in [6.45, 7) is 3.17. The van der Waals surface area contributed by atoms with E-state index in [0.717, 1.165) is 23.7 Å². The standard InChI is InChI=1S/C16H20ClNS/c1-2-18-15(13-7-4-3-5-8-13)10-6-9-14-11-12-16(17)19-14/h3-5,7-8,11-12,15,18H,2,6,9-10H2,1H3. The van der Waals surface area contributed by atoms with Gasteiger partial charge in [-0.25, -0.2) is 0 Å². The van der Waals surface area contributed by atoms with Crippen molar-refractivity contribution in [2.24, 2.45) is 0 Å². The molecule has 0 aliphatic carbocycles. The second-order valence-electron chi connectivity index (χ2n) is 4.62. The van der Waals surface area contributed by atoms with Crippen molar-refractivity contribution in [3.63, 3.8) is 0 Å². The Balaban J connectivity index is 1.87. The van der Waals surface area contributed by atoms with Crippen molar-refractivity contribution in [2.75, 3.05) is 6.54 Å². The van der Waals surface area contributed by atoms with E-state index in [-0.39, 0.29) is 0 Å². The van der Waals surface area contributed by atoms with Gasteiger partial charge >= 0.3 is 0 Å². The van der Waals surface area contributed by atoms with E-state index in [2.05, 4.69) is 48.6 Å². The highest BCUT2D eigenvalue weighted by Gasteiger charge is 2.09. The molecule has 3 heteroatoms. The minimum absolute atomic E-state index is 0.460. The van der Waals surface area contributed by atoms with Crippen molar-refractivity contribution in [3.8, 4) is 0 Å². The van der Waals surface area contributed by atoms with Crippen LogP contribution in [-0.2, 0) is 6.42 Å². The molecule has 1 heterocycles. The van der Waals surface area contributed by atoms with Crippen molar-refractivity contribution in [1.29, 1.82) is 0 Å². The van der Waals surface area contributed by atoms with Crippen molar-refractivity contribution in [3.05, 3.63) is 57.2 Å². The maximum absolute atomic E-state index is 5.95. The predicted molar refractivity (Wildman–Crippen MR) is 85.1 cm³/mol. The fraction of sp³-hybridized carbons (Fsp3) is 0.375. The minimum atomic E-state index is 0.460. The number of benzene rings is 1. The number of aryl methyl sites for hydroxylation is 1. The lowest BCUT2D eigenvalue weighted by molar-refractivity contribution is 0.499. The molecule has 1 unspecified atom stereocenters. The van der Waals surface area contributed by atoms with Crippen LogP contribution < -0.4 is 5.32 Å². The Morgan fingerprint density at radius 1 is 1.16 bits per heavy atom. The summed E-state index contributed by atoms with van der Waals surface area (Å²) in [5.41, 5.74) is 1.38. The van der Waals surface area contributed by atoms with Crippen molar-refractivity contribution < 1.29 is 0 Å². The molecule has 0 aliphatic heterocycles. The predicted octanol–water partition coefficient (Wildman–Crippen LogP) is 5.08. The second-order valence-corrected chi connectivity index (χ2v) is 6.42. The summed E-state index contributed by atoms with van der Waals surface area (Å²) in [4.78, 5) is 1.38. The quantitative estimate of drug-likeness (QED) is 0.751. The summed E-state index contributed by atoms with van der Waals surface area (Å²) in [5.74, 6) is 0. The molecule has 1 aromatic heterocycles. The summed E-state index contributed by atoms with van der Waals surface area (Å²) < 4.78 is 0.890. The molecule has 1 aromatic carbocycles. The number of rotatable bonds is 7. The van der Waals surface area contributed by atoms with Crippen LogP contribution in [0.1, 0.15) is 36.2 Å². The first-order valence-electron chi connectivity index (χ1n) is 6.82. The van der Waals surface area contributed by atoms with Gasteiger partial charge in [0.15, 0.2) is 0 Å². The van der Waals surface area contributed by atoms with Crippen molar-refractivity contribution in [1.82, 2.24) is 5.32 Å². The Kier molecular flexibility index (Phi) is 5.90. The molecule has 19 heavy (non-hydrogen) atoms. The average molecular weight is 294 g/mol. The molecular weight excluding hydrogens is 274 g/mol. The van der Waals surface area contributed by atoms with Gasteiger partial charge in [-0.05, 0) is 43.5 Å². The number of thiophene rings is 1. The minimum Gasteiger partial charge on any atom is -0.310 e. The van der Waals surface area contributed by atoms with Gasteiger partial charge in [0.05, 0.1) is 4.34 Å². The van der Waals surface area contributed by atoms with Gasteiger partial charge in [-0.3, -0.25) is 0 Å². The smallest absolute Gasteiger partial charge is 0.0931 e. The molecule has 0 saturated heterocycles. The molecule has 1 nitrogen and oxygen atoms in total. The normalized spacial score (nSPS) is 12.5. The first kappa shape index (κ1) is 14.6. The van der Waals surface area contributed by atoms with Crippen LogP contribution in [-0.4, -0.2) is 6.54 Å². The fourth-order valence-electron chi connectivity index (χ4n) is 2.28. The third kappa shape index (κ3) is 4.64. The van der Waals surface area contributed by atoms with E-state index in [1.807, 2.05) is 6.07 Å². The van der Waals surface area contributed by atoms with E-state index in [1.165, 1.54) is 16.9 Å². The van der Waals surface area contributed by atoms with Gasteiger partial charge < -0.3 is 5.32 Å². The Morgan fingerprint density at radius 2 is 1.95 bits per heavy atom. The number of hydrogen-bond acceptors (Lipinski definition) is 2.